The number of ether oxygens (including phenoxy) is 1. The van der Waals surface area contributed by atoms with Crippen molar-refractivity contribution < 1.29 is 19.1 Å². The summed E-state index contributed by atoms with van der Waals surface area (Å²) in [6, 6.07) is 3.55. The number of Topliss-reactive ketones (excluding diaryl/α,β-unsaturated/α-hetero) is 2. The molecule has 0 aromatic carbocycles. The van der Waals surface area contributed by atoms with Gasteiger partial charge in [0.1, 0.15) is 5.82 Å². The molecule has 0 saturated carbocycles. The second-order valence-electron chi connectivity index (χ2n) is 7.70. The van der Waals surface area contributed by atoms with Gasteiger partial charge in [0.05, 0.1) is 24.4 Å². The fraction of sp³-hybridized carbons (Fsp3) is 0.478. The molecular formula is C23H30N4O4. The average molecular weight is 427 g/mol. The molecule has 0 spiro atoms. The number of ketones is 2. The molecule has 2 aromatic rings. The molecule has 31 heavy (non-hydrogen) atoms. The molecule has 8 nitrogen and oxygen atoms in total. The van der Waals surface area contributed by atoms with Crippen LogP contribution in [-0.4, -0.2) is 71.7 Å². The van der Waals surface area contributed by atoms with E-state index in [1.54, 1.807) is 13.0 Å². The zero-order chi connectivity index (χ0) is 22.5. The number of aromatic nitrogens is 2. The fourth-order valence-corrected chi connectivity index (χ4v) is 4.07. The lowest BCUT2D eigenvalue weighted by molar-refractivity contribution is 0.0525. The molecular weight excluding hydrogens is 396 g/mol. The number of hydrogen-bond acceptors (Lipinski definition) is 7. The molecule has 166 valence electrons. The van der Waals surface area contributed by atoms with E-state index in [0.717, 1.165) is 43.3 Å². The molecule has 1 aliphatic rings. The molecule has 0 amide bonds. The highest BCUT2D eigenvalue weighted by atomic mass is 16.5. The van der Waals surface area contributed by atoms with Crippen LogP contribution in [0, 0.1) is 6.92 Å². The predicted octanol–water partition coefficient (Wildman–Crippen LogP) is 2.66. The van der Waals surface area contributed by atoms with Gasteiger partial charge in [-0.2, -0.15) is 0 Å². The summed E-state index contributed by atoms with van der Waals surface area (Å²) in [6.07, 6.45) is 2.18. The highest BCUT2D eigenvalue weighted by molar-refractivity contribution is 6.04. The summed E-state index contributed by atoms with van der Waals surface area (Å²) >= 11 is 0. The number of H-pyrrole nitrogens is 1. The third kappa shape index (κ3) is 5.02. The molecule has 8 heteroatoms. The van der Waals surface area contributed by atoms with Gasteiger partial charge in [-0.3, -0.25) is 14.5 Å². The zero-order valence-electron chi connectivity index (χ0n) is 18.7. The van der Waals surface area contributed by atoms with Crippen LogP contribution in [-0.2, 0) is 11.2 Å². The van der Waals surface area contributed by atoms with Crippen molar-refractivity contribution in [3.05, 3.63) is 46.4 Å². The molecule has 1 aliphatic heterocycles. The maximum atomic E-state index is 12.9. The zero-order valence-corrected chi connectivity index (χ0v) is 18.7. The Morgan fingerprint density at radius 2 is 1.84 bits per heavy atom. The van der Waals surface area contributed by atoms with E-state index in [0.29, 0.717) is 36.4 Å². The van der Waals surface area contributed by atoms with Crippen molar-refractivity contribution in [3.63, 3.8) is 0 Å². The van der Waals surface area contributed by atoms with Crippen LogP contribution in [0.2, 0.25) is 0 Å². The molecule has 1 saturated heterocycles. The molecule has 0 atom stereocenters. The number of hydrogen-bond donors (Lipinski definition) is 1. The van der Waals surface area contributed by atoms with Crippen molar-refractivity contribution in [2.24, 2.45) is 0 Å². The van der Waals surface area contributed by atoms with Crippen LogP contribution in [0.15, 0.2) is 18.3 Å². The number of piperazine rings is 1. The Kier molecular flexibility index (Phi) is 7.22. The van der Waals surface area contributed by atoms with Gasteiger partial charge < -0.3 is 14.6 Å². The number of esters is 1. The smallest absolute Gasteiger partial charge is 0.339 e. The number of anilines is 1. The molecule has 2 aromatic heterocycles. The van der Waals surface area contributed by atoms with Gasteiger partial charge in [0.2, 0.25) is 0 Å². The van der Waals surface area contributed by atoms with Gasteiger partial charge in [-0.1, -0.05) is 6.92 Å². The first-order valence-electron chi connectivity index (χ1n) is 10.7. The van der Waals surface area contributed by atoms with E-state index in [2.05, 4.69) is 19.8 Å². The summed E-state index contributed by atoms with van der Waals surface area (Å²) in [6.45, 7) is 10.7. The van der Waals surface area contributed by atoms with E-state index < -0.39 is 0 Å². The van der Waals surface area contributed by atoms with Gasteiger partial charge in [-0.25, -0.2) is 9.78 Å². The first kappa shape index (κ1) is 22.7. The van der Waals surface area contributed by atoms with E-state index in [4.69, 9.17) is 4.74 Å². The van der Waals surface area contributed by atoms with Crippen LogP contribution >= 0.6 is 0 Å². The van der Waals surface area contributed by atoms with Crippen molar-refractivity contribution in [2.75, 3.05) is 44.2 Å². The minimum Gasteiger partial charge on any atom is -0.462 e. The molecule has 3 heterocycles. The van der Waals surface area contributed by atoms with Crippen molar-refractivity contribution in [3.8, 4) is 0 Å². The van der Waals surface area contributed by atoms with Gasteiger partial charge in [0.15, 0.2) is 11.6 Å². The topological polar surface area (TPSA) is 95.6 Å². The van der Waals surface area contributed by atoms with Crippen LogP contribution in [0.25, 0.3) is 0 Å². The Morgan fingerprint density at radius 1 is 1.13 bits per heavy atom. The standard InChI is InChI=1S/C23H30N4O4/c1-5-18-21(16(4)28)15(3)25-22(18)19(29)14-26-9-11-27(12-10-26)20-8-7-17(13-24-20)23(30)31-6-2/h7-8,13,25H,5-6,9-12,14H2,1-4H3. The first-order chi connectivity index (χ1) is 14.8. The average Bonchev–Trinajstić information content (AvgIpc) is 3.11. The summed E-state index contributed by atoms with van der Waals surface area (Å²) < 4.78 is 4.99. The van der Waals surface area contributed by atoms with E-state index in [-0.39, 0.29) is 17.5 Å². The Morgan fingerprint density at radius 3 is 2.39 bits per heavy atom. The number of nitrogens with one attached hydrogen (secondary N) is 1. The summed E-state index contributed by atoms with van der Waals surface area (Å²) in [5.74, 6) is 0.430. The van der Waals surface area contributed by atoms with Crippen LogP contribution in [0.5, 0.6) is 0 Å². The monoisotopic (exact) mass is 426 g/mol. The van der Waals surface area contributed by atoms with E-state index in [1.807, 2.05) is 19.9 Å². The lowest BCUT2D eigenvalue weighted by Crippen LogP contribution is -2.48. The van der Waals surface area contributed by atoms with E-state index in [1.165, 1.54) is 13.1 Å². The van der Waals surface area contributed by atoms with Gasteiger partial charge in [-0.05, 0) is 44.9 Å². The number of carbonyl (C=O) groups excluding carboxylic acids is 3. The van der Waals surface area contributed by atoms with E-state index >= 15 is 0 Å². The summed E-state index contributed by atoms with van der Waals surface area (Å²) in [5.41, 5.74) is 3.22. The largest absolute Gasteiger partial charge is 0.462 e. The molecule has 0 unspecified atom stereocenters. The van der Waals surface area contributed by atoms with Gasteiger partial charge >= 0.3 is 5.97 Å². The molecule has 1 fully saturated rings. The highest BCUT2D eigenvalue weighted by Crippen LogP contribution is 2.21. The number of rotatable bonds is 8. The van der Waals surface area contributed by atoms with Crippen molar-refractivity contribution in [2.45, 2.75) is 34.1 Å². The molecule has 0 bridgehead atoms. The minimum absolute atomic E-state index is 0.0119. The second kappa shape index (κ2) is 9.87. The number of nitrogens with zero attached hydrogens (tertiary/aromatic N) is 3. The lowest BCUT2D eigenvalue weighted by atomic mass is 10.0. The number of carbonyl (C=O) groups is 3. The fourth-order valence-electron chi connectivity index (χ4n) is 4.07. The Balaban J connectivity index is 1.59. The first-order valence-corrected chi connectivity index (χ1v) is 10.7. The van der Waals surface area contributed by atoms with Crippen molar-refractivity contribution >= 4 is 23.4 Å². The molecule has 0 radical (unpaired) electrons. The van der Waals surface area contributed by atoms with Gasteiger partial charge in [0.25, 0.3) is 0 Å². The molecule has 0 aliphatic carbocycles. The van der Waals surface area contributed by atoms with Gasteiger partial charge in [-0.15, -0.1) is 0 Å². The number of aryl methyl sites for hydroxylation is 1. The third-order valence-electron chi connectivity index (χ3n) is 5.60. The predicted molar refractivity (Wildman–Crippen MR) is 118 cm³/mol. The van der Waals surface area contributed by atoms with Gasteiger partial charge in [0, 0.05) is 43.6 Å². The highest BCUT2D eigenvalue weighted by Gasteiger charge is 2.25. The number of pyridine rings is 1. The van der Waals surface area contributed by atoms with Crippen LogP contribution in [0.3, 0.4) is 0 Å². The molecule has 1 N–H and O–H groups in total. The Bertz CT molecular complexity index is 957. The normalized spacial score (nSPS) is 14.5. The quantitative estimate of drug-likeness (QED) is 0.512. The summed E-state index contributed by atoms with van der Waals surface area (Å²) in [7, 11) is 0. The summed E-state index contributed by atoms with van der Waals surface area (Å²) in [5, 5.41) is 0. The Hall–Kier alpha value is -3.00. The maximum absolute atomic E-state index is 12.9. The van der Waals surface area contributed by atoms with Crippen LogP contribution in [0.4, 0.5) is 5.82 Å². The van der Waals surface area contributed by atoms with Crippen molar-refractivity contribution in [1.82, 2.24) is 14.9 Å². The number of aromatic amines is 1. The Labute approximate surface area is 182 Å². The van der Waals surface area contributed by atoms with Crippen molar-refractivity contribution in [1.29, 1.82) is 0 Å². The SMILES string of the molecule is CCOC(=O)c1ccc(N2CCN(CC(=O)c3[nH]c(C)c(C(C)=O)c3CC)CC2)nc1. The minimum atomic E-state index is -0.371. The van der Waals surface area contributed by atoms with Crippen LogP contribution in [0.1, 0.15) is 63.2 Å². The third-order valence-corrected chi connectivity index (χ3v) is 5.60. The summed E-state index contributed by atoms with van der Waals surface area (Å²) in [4.78, 5) is 48.4. The van der Waals surface area contributed by atoms with Crippen LogP contribution < -0.4 is 4.90 Å². The molecule has 3 rings (SSSR count). The van der Waals surface area contributed by atoms with E-state index in [9.17, 15) is 14.4 Å². The second-order valence-corrected chi connectivity index (χ2v) is 7.70. The lowest BCUT2D eigenvalue weighted by Gasteiger charge is -2.35. The maximum Gasteiger partial charge on any atom is 0.339 e.